The number of allylic oxidation sites excluding steroid dienone is 2. The summed E-state index contributed by atoms with van der Waals surface area (Å²) in [5.74, 6) is 0. The first kappa shape index (κ1) is 12.7. The molecule has 3 aromatic heterocycles. The van der Waals surface area contributed by atoms with E-state index in [2.05, 4.69) is 16.4 Å². The molecular weight excluding hydrogens is 266 g/mol. The summed E-state index contributed by atoms with van der Waals surface area (Å²) in [6.45, 7) is 1.92. The number of hydrogen-bond acceptors (Lipinski definition) is 4. The Bertz CT molecular complexity index is 788. The van der Waals surface area contributed by atoms with Crippen molar-refractivity contribution in [3.05, 3.63) is 53.8 Å². The molecule has 3 nitrogen and oxygen atoms in total. The lowest BCUT2D eigenvalue weighted by molar-refractivity contribution is 1.33. The summed E-state index contributed by atoms with van der Waals surface area (Å²) in [4.78, 5) is 8.78. The average molecular weight is 279 g/mol. The zero-order chi connectivity index (χ0) is 13.9. The third-order valence-corrected chi connectivity index (χ3v) is 4.11. The van der Waals surface area contributed by atoms with E-state index in [4.69, 9.17) is 10.4 Å². The molecule has 0 atom stereocenters. The van der Waals surface area contributed by atoms with E-state index < -0.39 is 0 Å². The lowest BCUT2D eigenvalue weighted by Crippen LogP contribution is -1.90. The van der Waals surface area contributed by atoms with Gasteiger partial charge in [0.05, 0.1) is 15.9 Å². The van der Waals surface area contributed by atoms with E-state index in [1.54, 1.807) is 23.7 Å². The monoisotopic (exact) mass is 279 g/mol. The van der Waals surface area contributed by atoms with Crippen LogP contribution in [0.4, 0.5) is 0 Å². The van der Waals surface area contributed by atoms with E-state index >= 15 is 0 Å². The highest BCUT2D eigenvalue weighted by molar-refractivity contribution is 7.17. The van der Waals surface area contributed by atoms with Crippen LogP contribution >= 0.6 is 11.3 Å². The Morgan fingerprint density at radius 1 is 1.20 bits per heavy atom. The standard InChI is InChI=1S/C16H13N3S/c1-2-11(9-17)14-3-4-15-16(19-14)13(10-20-15)12-5-7-18-8-6-12/h2-10,17H,1H3/b11-2+,17-9?. The Balaban J connectivity index is 2.21. The number of hydrogen-bond donors (Lipinski definition) is 1. The van der Waals surface area contributed by atoms with E-state index in [-0.39, 0.29) is 0 Å². The van der Waals surface area contributed by atoms with E-state index in [1.807, 2.05) is 31.2 Å². The molecule has 3 heterocycles. The van der Waals surface area contributed by atoms with Crippen molar-refractivity contribution < 1.29 is 0 Å². The minimum Gasteiger partial charge on any atom is -0.308 e. The van der Waals surface area contributed by atoms with Gasteiger partial charge in [-0.1, -0.05) is 6.08 Å². The largest absolute Gasteiger partial charge is 0.308 e. The number of fused-ring (bicyclic) bond motifs is 1. The van der Waals surface area contributed by atoms with Gasteiger partial charge in [0.25, 0.3) is 0 Å². The van der Waals surface area contributed by atoms with Gasteiger partial charge in [0.2, 0.25) is 0 Å². The molecule has 98 valence electrons. The number of nitrogens with zero attached hydrogens (tertiary/aromatic N) is 2. The van der Waals surface area contributed by atoms with Crippen molar-refractivity contribution >= 4 is 33.3 Å². The van der Waals surface area contributed by atoms with Gasteiger partial charge in [-0.25, -0.2) is 4.98 Å². The maximum Gasteiger partial charge on any atom is 0.0895 e. The Kier molecular flexibility index (Phi) is 3.39. The second kappa shape index (κ2) is 5.35. The Morgan fingerprint density at radius 3 is 2.70 bits per heavy atom. The van der Waals surface area contributed by atoms with Gasteiger partial charge in [0, 0.05) is 35.1 Å². The Hall–Kier alpha value is -2.33. The van der Waals surface area contributed by atoms with Crippen LogP contribution < -0.4 is 0 Å². The molecule has 0 amide bonds. The van der Waals surface area contributed by atoms with Crippen LogP contribution in [-0.2, 0) is 0 Å². The summed E-state index contributed by atoms with van der Waals surface area (Å²) in [5, 5.41) is 9.57. The predicted molar refractivity (Wildman–Crippen MR) is 85.3 cm³/mol. The van der Waals surface area contributed by atoms with E-state index in [0.717, 1.165) is 32.6 Å². The fraction of sp³-hybridized carbons (Fsp3) is 0.0625. The molecule has 0 aromatic carbocycles. The van der Waals surface area contributed by atoms with Crippen molar-refractivity contribution in [3.63, 3.8) is 0 Å². The van der Waals surface area contributed by atoms with Crippen LogP contribution in [0.25, 0.3) is 26.9 Å². The second-order valence-corrected chi connectivity index (χ2v) is 5.23. The SMILES string of the molecule is C/C=C(\C=N)c1ccc2scc(-c3ccncc3)c2n1. The molecule has 0 aliphatic carbocycles. The molecule has 1 N–H and O–H groups in total. The number of pyridine rings is 2. The zero-order valence-electron chi connectivity index (χ0n) is 11.0. The molecule has 0 radical (unpaired) electrons. The van der Waals surface area contributed by atoms with Gasteiger partial charge in [-0.2, -0.15) is 0 Å². The predicted octanol–water partition coefficient (Wildman–Crippen LogP) is 4.41. The molecule has 0 spiro atoms. The molecular formula is C16H13N3S. The molecule has 3 rings (SSSR count). The zero-order valence-corrected chi connectivity index (χ0v) is 11.8. The number of nitrogens with one attached hydrogen (secondary N) is 1. The molecule has 0 aliphatic rings. The lowest BCUT2D eigenvalue weighted by Gasteiger charge is -2.02. The van der Waals surface area contributed by atoms with Gasteiger partial charge < -0.3 is 5.41 Å². The van der Waals surface area contributed by atoms with E-state index in [9.17, 15) is 0 Å². The number of thiophene rings is 1. The lowest BCUT2D eigenvalue weighted by atomic mass is 10.1. The third-order valence-electron chi connectivity index (χ3n) is 3.17. The highest BCUT2D eigenvalue weighted by Crippen LogP contribution is 2.33. The van der Waals surface area contributed by atoms with Gasteiger partial charge in [0.1, 0.15) is 0 Å². The summed E-state index contributed by atoms with van der Waals surface area (Å²) >= 11 is 1.68. The van der Waals surface area contributed by atoms with Gasteiger partial charge in [0.15, 0.2) is 0 Å². The van der Waals surface area contributed by atoms with E-state index in [0.29, 0.717) is 0 Å². The topological polar surface area (TPSA) is 49.6 Å². The Morgan fingerprint density at radius 2 is 2.00 bits per heavy atom. The molecule has 3 aromatic rings. The molecule has 20 heavy (non-hydrogen) atoms. The molecule has 4 heteroatoms. The van der Waals surface area contributed by atoms with Gasteiger partial charge in [-0.3, -0.25) is 4.98 Å². The first-order chi connectivity index (χ1) is 9.83. The van der Waals surface area contributed by atoms with Gasteiger partial charge in [-0.15, -0.1) is 11.3 Å². The van der Waals surface area contributed by atoms with Gasteiger partial charge in [-0.05, 0) is 36.8 Å². The van der Waals surface area contributed by atoms with Crippen LogP contribution in [0, 0.1) is 5.41 Å². The molecule has 0 saturated heterocycles. The van der Waals surface area contributed by atoms with Gasteiger partial charge >= 0.3 is 0 Å². The summed E-state index contributed by atoms with van der Waals surface area (Å²) in [5.41, 5.74) is 4.89. The van der Waals surface area contributed by atoms with Crippen molar-refractivity contribution in [2.24, 2.45) is 0 Å². The fourth-order valence-corrected chi connectivity index (χ4v) is 3.02. The summed E-state index contributed by atoms with van der Waals surface area (Å²) in [6.07, 6.45) is 6.82. The van der Waals surface area contributed by atoms with Crippen LogP contribution in [0.1, 0.15) is 12.6 Å². The third kappa shape index (κ3) is 2.14. The normalized spacial score (nSPS) is 11.8. The van der Waals surface area contributed by atoms with Crippen LogP contribution in [0.3, 0.4) is 0 Å². The second-order valence-electron chi connectivity index (χ2n) is 4.32. The van der Waals surface area contributed by atoms with Crippen molar-refractivity contribution in [3.8, 4) is 11.1 Å². The summed E-state index contributed by atoms with van der Waals surface area (Å²) < 4.78 is 1.15. The Labute approximate surface area is 121 Å². The maximum atomic E-state index is 7.45. The minimum atomic E-state index is 0.832. The maximum absolute atomic E-state index is 7.45. The smallest absolute Gasteiger partial charge is 0.0895 e. The summed E-state index contributed by atoms with van der Waals surface area (Å²) in [7, 11) is 0. The van der Waals surface area contributed by atoms with Crippen LogP contribution in [0.5, 0.6) is 0 Å². The number of rotatable bonds is 3. The summed E-state index contributed by atoms with van der Waals surface area (Å²) in [6, 6.07) is 8.02. The molecule has 0 aliphatic heterocycles. The van der Waals surface area contributed by atoms with Crippen LogP contribution in [0.15, 0.2) is 48.1 Å². The highest BCUT2D eigenvalue weighted by atomic mass is 32.1. The quantitative estimate of drug-likeness (QED) is 0.722. The highest BCUT2D eigenvalue weighted by Gasteiger charge is 2.09. The first-order valence-corrected chi connectivity index (χ1v) is 7.17. The molecule has 0 fully saturated rings. The van der Waals surface area contributed by atoms with Crippen LogP contribution in [-0.4, -0.2) is 16.2 Å². The van der Waals surface area contributed by atoms with Crippen molar-refractivity contribution in [1.82, 2.24) is 9.97 Å². The average Bonchev–Trinajstić information content (AvgIpc) is 2.93. The molecule has 0 unspecified atom stereocenters. The van der Waals surface area contributed by atoms with Crippen molar-refractivity contribution in [2.45, 2.75) is 6.92 Å². The fourth-order valence-electron chi connectivity index (χ4n) is 2.11. The number of aromatic nitrogens is 2. The molecule has 0 saturated carbocycles. The minimum absolute atomic E-state index is 0.832. The van der Waals surface area contributed by atoms with Crippen molar-refractivity contribution in [1.29, 1.82) is 5.41 Å². The molecule has 0 bridgehead atoms. The van der Waals surface area contributed by atoms with Crippen molar-refractivity contribution in [2.75, 3.05) is 0 Å². The van der Waals surface area contributed by atoms with E-state index in [1.165, 1.54) is 6.21 Å². The first-order valence-electron chi connectivity index (χ1n) is 6.29. The van der Waals surface area contributed by atoms with Crippen LogP contribution in [0.2, 0.25) is 0 Å².